The number of ether oxygens (including phenoxy) is 1. The fraction of sp³-hybridized carbons (Fsp3) is 0.308. The molecule has 0 aliphatic carbocycles. The van der Waals surface area contributed by atoms with Crippen LogP contribution in [0.4, 0.5) is 22.0 Å². The van der Waals surface area contributed by atoms with Gasteiger partial charge in [-0.15, -0.1) is 0 Å². The second-order valence-electron chi connectivity index (χ2n) is 8.60. The lowest BCUT2D eigenvalue weighted by Crippen LogP contribution is -2.49. The molecular formula is C26H25F5N2O3S. The van der Waals surface area contributed by atoms with Gasteiger partial charge >= 0.3 is 6.18 Å². The first-order valence-corrected chi connectivity index (χ1v) is 13.0. The average molecular weight is 541 g/mol. The van der Waals surface area contributed by atoms with Gasteiger partial charge in [0.15, 0.2) is 11.6 Å². The van der Waals surface area contributed by atoms with E-state index in [1.54, 1.807) is 0 Å². The molecule has 37 heavy (non-hydrogen) atoms. The molecular weight excluding hydrogens is 515 g/mol. The minimum atomic E-state index is -4.54. The normalized spacial score (nSPS) is 16.6. The molecule has 5 nitrogen and oxygen atoms in total. The van der Waals surface area contributed by atoms with Gasteiger partial charge in [0.1, 0.15) is 6.10 Å². The van der Waals surface area contributed by atoms with Crippen LogP contribution in [-0.4, -0.2) is 57.0 Å². The Kier molecular flexibility index (Phi) is 8.27. The molecule has 0 aromatic heterocycles. The van der Waals surface area contributed by atoms with E-state index in [1.165, 1.54) is 10.4 Å². The fourth-order valence-electron chi connectivity index (χ4n) is 4.15. The van der Waals surface area contributed by atoms with Gasteiger partial charge in [-0.05, 0) is 47.5 Å². The number of nitrogens with zero attached hydrogens (tertiary/aromatic N) is 2. The topological polar surface area (TPSA) is 49.9 Å². The first kappa shape index (κ1) is 27.2. The Labute approximate surface area is 212 Å². The van der Waals surface area contributed by atoms with Crippen molar-refractivity contribution in [3.05, 3.63) is 101 Å². The predicted molar refractivity (Wildman–Crippen MR) is 127 cm³/mol. The summed E-state index contributed by atoms with van der Waals surface area (Å²) in [4.78, 5) is 1.82. The number of hydrogen-bond acceptors (Lipinski definition) is 4. The highest BCUT2D eigenvalue weighted by Gasteiger charge is 2.32. The zero-order valence-electron chi connectivity index (χ0n) is 19.7. The Morgan fingerprint density at radius 3 is 2.05 bits per heavy atom. The molecule has 1 aliphatic heterocycles. The van der Waals surface area contributed by atoms with Crippen molar-refractivity contribution in [2.45, 2.75) is 17.2 Å². The number of benzene rings is 3. The minimum Gasteiger partial charge on any atom is -0.367 e. The second-order valence-corrected chi connectivity index (χ2v) is 10.5. The maximum Gasteiger partial charge on any atom is 0.416 e. The maximum atomic E-state index is 13.9. The number of hydrogen-bond donors (Lipinski definition) is 0. The third-order valence-corrected chi connectivity index (χ3v) is 8.10. The summed E-state index contributed by atoms with van der Waals surface area (Å²) in [6.45, 7) is 1.89. The van der Waals surface area contributed by atoms with Crippen LogP contribution in [0.15, 0.2) is 77.7 Å². The number of halogens is 5. The van der Waals surface area contributed by atoms with Gasteiger partial charge < -0.3 is 4.74 Å². The zero-order valence-corrected chi connectivity index (χ0v) is 20.5. The largest absolute Gasteiger partial charge is 0.416 e. The molecule has 0 spiro atoms. The molecule has 0 N–H and O–H groups in total. The van der Waals surface area contributed by atoms with Crippen LogP contribution >= 0.6 is 0 Å². The molecule has 1 atom stereocenters. The van der Waals surface area contributed by atoms with Crippen LogP contribution in [0.5, 0.6) is 0 Å². The van der Waals surface area contributed by atoms with Crippen molar-refractivity contribution in [2.24, 2.45) is 0 Å². The highest BCUT2D eigenvalue weighted by molar-refractivity contribution is 7.89. The third kappa shape index (κ3) is 6.53. The molecule has 3 aromatic rings. The van der Waals surface area contributed by atoms with Crippen LogP contribution in [0.2, 0.25) is 0 Å². The molecule has 0 bridgehead atoms. The molecule has 11 heteroatoms. The monoisotopic (exact) mass is 540 g/mol. The molecule has 0 unspecified atom stereocenters. The van der Waals surface area contributed by atoms with Crippen LogP contribution in [0, 0.1) is 11.6 Å². The Balaban J connectivity index is 1.34. The summed E-state index contributed by atoms with van der Waals surface area (Å²) in [5, 5.41) is 0. The summed E-state index contributed by atoms with van der Waals surface area (Å²) in [5.41, 5.74) is 0.340. The van der Waals surface area contributed by atoms with E-state index < -0.39 is 39.5 Å². The van der Waals surface area contributed by atoms with Gasteiger partial charge in [-0.3, -0.25) is 4.90 Å². The van der Waals surface area contributed by atoms with E-state index in [4.69, 9.17) is 4.74 Å². The van der Waals surface area contributed by atoms with Crippen molar-refractivity contribution in [1.82, 2.24) is 9.21 Å². The van der Waals surface area contributed by atoms with Gasteiger partial charge in [-0.2, -0.15) is 17.5 Å². The molecule has 1 heterocycles. The lowest BCUT2D eigenvalue weighted by atomic mass is 10.0. The standard InChI is InChI=1S/C26H25F5N2O3S/c27-23-11-6-20(18-24(23)28)25(19-4-2-1-3-5-19)36-17-16-32-12-14-33(15-13-32)37(34,35)22-9-7-21(8-10-22)26(29,30)31/h1-11,18,25H,12-17H2/t25-/m1/s1. The van der Waals surface area contributed by atoms with Crippen molar-refractivity contribution in [3.63, 3.8) is 0 Å². The van der Waals surface area contributed by atoms with Crippen LogP contribution in [-0.2, 0) is 20.9 Å². The first-order valence-electron chi connectivity index (χ1n) is 11.6. The molecule has 0 saturated carbocycles. The second kappa shape index (κ2) is 11.3. The van der Waals surface area contributed by atoms with Crippen LogP contribution in [0.25, 0.3) is 0 Å². The van der Waals surface area contributed by atoms with Crippen molar-refractivity contribution in [1.29, 1.82) is 0 Å². The number of piperazine rings is 1. The van der Waals surface area contributed by atoms with E-state index in [-0.39, 0.29) is 24.6 Å². The predicted octanol–water partition coefficient (Wildman–Crippen LogP) is 5.10. The van der Waals surface area contributed by atoms with E-state index in [9.17, 15) is 30.4 Å². The summed E-state index contributed by atoms with van der Waals surface area (Å²) in [6.07, 6.45) is -5.15. The minimum absolute atomic E-state index is 0.175. The lowest BCUT2D eigenvalue weighted by Gasteiger charge is -2.34. The van der Waals surface area contributed by atoms with Gasteiger partial charge in [-0.25, -0.2) is 17.2 Å². The van der Waals surface area contributed by atoms with Crippen molar-refractivity contribution >= 4 is 10.0 Å². The number of rotatable bonds is 8. The molecule has 0 radical (unpaired) electrons. The van der Waals surface area contributed by atoms with E-state index in [2.05, 4.69) is 0 Å². The van der Waals surface area contributed by atoms with E-state index >= 15 is 0 Å². The average Bonchev–Trinajstić information content (AvgIpc) is 2.89. The first-order chi connectivity index (χ1) is 17.6. The van der Waals surface area contributed by atoms with Gasteiger partial charge in [-0.1, -0.05) is 36.4 Å². The lowest BCUT2D eigenvalue weighted by molar-refractivity contribution is -0.137. The zero-order chi connectivity index (χ0) is 26.6. The van der Waals surface area contributed by atoms with Crippen LogP contribution < -0.4 is 0 Å². The molecule has 1 saturated heterocycles. The highest BCUT2D eigenvalue weighted by Crippen LogP contribution is 2.30. The molecule has 0 amide bonds. The third-order valence-electron chi connectivity index (χ3n) is 6.19. The molecule has 3 aromatic carbocycles. The fourth-order valence-corrected chi connectivity index (χ4v) is 5.57. The summed E-state index contributed by atoms with van der Waals surface area (Å²) >= 11 is 0. The Morgan fingerprint density at radius 1 is 0.811 bits per heavy atom. The molecule has 4 rings (SSSR count). The quantitative estimate of drug-likeness (QED) is 0.374. The molecule has 1 aliphatic rings. The SMILES string of the molecule is O=S(=O)(c1ccc(C(F)(F)F)cc1)N1CCN(CCO[C@H](c2ccccc2)c2ccc(F)c(F)c2)CC1. The number of sulfonamides is 1. The van der Waals surface area contributed by atoms with E-state index in [1.807, 2.05) is 35.2 Å². The van der Waals surface area contributed by atoms with Crippen molar-refractivity contribution in [3.8, 4) is 0 Å². The summed E-state index contributed by atoms with van der Waals surface area (Å²) in [7, 11) is -3.92. The molecule has 198 valence electrons. The smallest absolute Gasteiger partial charge is 0.367 e. The summed E-state index contributed by atoms with van der Waals surface area (Å²) in [6, 6.07) is 16.2. The van der Waals surface area contributed by atoms with Gasteiger partial charge in [0.25, 0.3) is 0 Å². The molecule has 1 fully saturated rings. The number of alkyl halides is 3. The van der Waals surface area contributed by atoms with Gasteiger partial charge in [0.2, 0.25) is 10.0 Å². The van der Waals surface area contributed by atoms with Gasteiger partial charge in [0, 0.05) is 32.7 Å². The van der Waals surface area contributed by atoms with Crippen molar-refractivity contribution < 1.29 is 35.1 Å². The Morgan fingerprint density at radius 2 is 1.46 bits per heavy atom. The van der Waals surface area contributed by atoms with Gasteiger partial charge in [0.05, 0.1) is 17.1 Å². The Hall–Kier alpha value is -2.86. The summed E-state index contributed by atoms with van der Waals surface area (Å²) in [5.74, 6) is -1.91. The van der Waals surface area contributed by atoms with Crippen LogP contribution in [0.3, 0.4) is 0 Å². The van der Waals surface area contributed by atoms with Crippen LogP contribution in [0.1, 0.15) is 22.8 Å². The summed E-state index contributed by atoms with van der Waals surface area (Å²) < 4.78 is 98.7. The van der Waals surface area contributed by atoms with E-state index in [0.29, 0.717) is 25.2 Å². The van der Waals surface area contributed by atoms with E-state index in [0.717, 1.165) is 42.0 Å². The Bertz CT molecular complexity index is 1290. The maximum absolute atomic E-state index is 13.9. The van der Waals surface area contributed by atoms with Crippen molar-refractivity contribution in [2.75, 3.05) is 39.3 Å². The highest BCUT2D eigenvalue weighted by atomic mass is 32.2.